The van der Waals surface area contributed by atoms with Crippen LogP contribution in [0.5, 0.6) is 0 Å². The number of Topliss-reactive ketones (excluding diaryl/α,β-unsaturated/α-hetero) is 3. The number of esters is 1. The van der Waals surface area contributed by atoms with E-state index in [0.717, 1.165) is 18.4 Å². The average molecular weight is 966 g/mol. The van der Waals surface area contributed by atoms with E-state index in [1.165, 1.54) is 12.0 Å². The Labute approximate surface area is 408 Å². The predicted octanol–water partition coefficient (Wildman–Crippen LogP) is 6.05. The zero-order chi connectivity index (χ0) is 50.6. The van der Waals surface area contributed by atoms with Crippen molar-refractivity contribution in [2.75, 3.05) is 27.9 Å². The summed E-state index contributed by atoms with van der Waals surface area (Å²) in [4.78, 5) is 72.3. The highest BCUT2D eigenvalue weighted by molar-refractivity contribution is 6.39. The van der Waals surface area contributed by atoms with Crippen LogP contribution in [0.15, 0.2) is 53.9 Å². The molecule has 0 aromatic carbocycles. The first-order valence-electron chi connectivity index (χ1n) is 25.0. The Morgan fingerprint density at radius 2 is 1.64 bits per heavy atom. The molecule has 3 fully saturated rings. The fraction of sp³-hybridized carbons (Fsp3) is 0.731. The number of fused-ring (bicyclic) bond motifs is 3. The second-order valence-corrected chi connectivity index (χ2v) is 20.4. The van der Waals surface area contributed by atoms with Gasteiger partial charge in [-0.05, 0) is 117 Å². The molecule has 4 aliphatic rings. The zero-order valence-corrected chi connectivity index (χ0v) is 42.5. The average Bonchev–Trinajstić information content (AvgIpc) is 3.88. The normalized spacial score (nSPS) is 38.8. The summed E-state index contributed by atoms with van der Waals surface area (Å²) in [5.74, 6) is -7.92. The van der Waals surface area contributed by atoms with Crippen LogP contribution < -0.4 is 0 Å². The molecule has 0 spiro atoms. The van der Waals surface area contributed by atoms with Crippen molar-refractivity contribution in [2.45, 2.75) is 180 Å². The number of ketones is 3. The van der Waals surface area contributed by atoms with E-state index in [-0.39, 0.29) is 60.9 Å². The monoisotopic (exact) mass is 966 g/mol. The number of carbonyl (C=O) groups excluding carboxylic acids is 5. The van der Waals surface area contributed by atoms with Gasteiger partial charge in [0.25, 0.3) is 11.7 Å². The maximum Gasteiger partial charge on any atom is 0.329 e. The summed E-state index contributed by atoms with van der Waals surface area (Å²) >= 11 is 0. The number of tetrazole rings is 1. The van der Waals surface area contributed by atoms with Gasteiger partial charge in [-0.1, -0.05) is 71.1 Å². The van der Waals surface area contributed by atoms with E-state index < -0.39 is 77.8 Å². The van der Waals surface area contributed by atoms with Crippen molar-refractivity contribution in [2.24, 2.45) is 35.5 Å². The Hall–Kier alpha value is -4.26. The van der Waals surface area contributed by atoms with Gasteiger partial charge in [0, 0.05) is 58.5 Å². The van der Waals surface area contributed by atoms with E-state index in [0.29, 0.717) is 56.9 Å². The number of amides is 1. The largest absolute Gasteiger partial charge is 0.460 e. The minimum absolute atomic E-state index is 0.0170. The van der Waals surface area contributed by atoms with Crippen LogP contribution in [0, 0.1) is 35.5 Å². The Morgan fingerprint density at radius 1 is 0.884 bits per heavy atom. The van der Waals surface area contributed by atoms with Crippen molar-refractivity contribution in [1.29, 1.82) is 0 Å². The lowest BCUT2D eigenvalue weighted by Crippen LogP contribution is -2.61. The van der Waals surface area contributed by atoms with Crippen molar-refractivity contribution in [3.8, 4) is 0 Å². The Balaban J connectivity index is 1.46. The van der Waals surface area contributed by atoms with Crippen LogP contribution in [0.1, 0.15) is 132 Å². The molecule has 1 aliphatic carbocycles. The lowest BCUT2D eigenvalue weighted by atomic mass is 9.77. The first kappa shape index (κ1) is 55.7. The van der Waals surface area contributed by atoms with Gasteiger partial charge < -0.3 is 38.8 Å². The molecule has 0 radical (unpaired) electrons. The number of allylic oxidation sites excluding steroid dienone is 6. The van der Waals surface area contributed by atoms with Gasteiger partial charge in [-0.3, -0.25) is 19.2 Å². The van der Waals surface area contributed by atoms with Gasteiger partial charge in [0.2, 0.25) is 5.79 Å². The van der Waals surface area contributed by atoms with Crippen molar-refractivity contribution in [3.05, 3.63) is 53.9 Å². The molecule has 15 atom stereocenters. The number of methoxy groups -OCH3 is 3. The molecular formula is C52H79N5O12. The van der Waals surface area contributed by atoms with E-state index in [2.05, 4.69) is 15.5 Å². The van der Waals surface area contributed by atoms with Gasteiger partial charge in [-0.25, -0.2) is 9.48 Å². The smallest absolute Gasteiger partial charge is 0.329 e. The Bertz CT molecular complexity index is 2020. The number of hydrogen-bond donors (Lipinski definition) is 2. The number of aliphatic hydroxyl groups is 2. The van der Waals surface area contributed by atoms with Crippen molar-refractivity contribution < 1.29 is 57.9 Å². The molecule has 0 unspecified atom stereocenters. The third kappa shape index (κ3) is 14.2. The van der Waals surface area contributed by atoms with Gasteiger partial charge in [0.15, 0.2) is 5.78 Å². The fourth-order valence-corrected chi connectivity index (χ4v) is 10.7. The molecule has 2 N–H and O–H groups in total. The molecule has 69 heavy (non-hydrogen) atoms. The summed E-state index contributed by atoms with van der Waals surface area (Å²) in [6.07, 6.45) is 13.9. The van der Waals surface area contributed by atoms with Crippen molar-refractivity contribution >= 4 is 29.2 Å². The molecule has 1 saturated carbocycles. The maximum absolute atomic E-state index is 14.5. The number of rotatable bonds is 7. The number of nitrogens with zero attached hydrogens (tertiary/aromatic N) is 5. The molecule has 2 bridgehead atoms. The predicted molar refractivity (Wildman–Crippen MR) is 256 cm³/mol. The number of piperidine rings is 1. The summed E-state index contributed by atoms with van der Waals surface area (Å²) in [5, 5.41) is 35.2. The molecule has 1 aromatic rings. The second-order valence-electron chi connectivity index (χ2n) is 20.4. The minimum atomic E-state index is -2.43. The van der Waals surface area contributed by atoms with Crippen LogP contribution in [0.3, 0.4) is 0 Å². The number of aromatic nitrogens is 4. The number of carbonyl (C=O) groups is 5. The third-order valence-corrected chi connectivity index (χ3v) is 15.2. The van der Waals surface area contributed by atoms with Crippen molar-refractivity contribution in [1.82, 2.24) is 25.1 Å². The topological polar surface area (TPSA) is 219 Å². The highest BCUT2D eigenvalue weighted by Gasteiger charge is 2.53. The van der Waals surface area contributed by atoms with Crippen LogP contribution >= 0.6 is 0 Å². The van der Waals surface area contributed by atoms with Gasteiger partial charge in [-0.2, -0.15) is 0 Å². The van der Waals surface area contributed by atoms with Gasteiger partial charge in [0.1, 0.15) is 36.5 Å². The molecule has 1 amide bonds. The minimum Gasteiger partial charge on any atom is -0.460 e. The SMILES string of the molecule is CO[C@H]1C[C@@H]2CC[C@@H](C)[C@@](O)(O2)C(=O)C(=O)N2CCCC[C@H]2C(=O)O[C@H]([C@H](C)C[C@@H]2CC[C@@H](n3cnnn3)[C@H](OC)C2)CC(=O)[C@H](C)/C=C(/C)[C@@H](O)[C@@H](OC)C(=O)[C@H](C)C[C@H](C)/C=C/C=C\C=C\1C. The van der Waals surface area contributed by atoms with E-state index >= 15 is 0 Å². The number of aliphatic hydroxyl groups excluding tert-OH is 1. The van der Waals surface area contributed by atoms with Crippen LogP contribution in [-0.4, -0.2) is 141 Å². The van der Waals surface area contributed by atoms with Gasteiger partial charge >= 0.3 is 5.97 Å². The van der Waals surface area contributed by atoms with E-state index in [9.17, 15) is 34.2 Å². The second kappa shape index (κ2) is 25.7. The Kier molecular flexibility index (Phi) is 20.8. The highest BCUT2D eigenvalue weighted by atomic mass is 16.6. The first-order valence-corrected chi connectivity index (χ1v) is 25.0. The number of cyclic esters (lactones) is 1. The molecule has 5 rings (SSSR count). The van der Waals surface area contributed by atoms with Crippen LogP contribution in [0.2, 0.25) is 0 Å². The number of ether oxygens (including phenoxy) is 5. The quantitative estimate of drug-likeness (QED) is 0.181. The lowest BCUT2D eigenvalue weighted by Gasteiger charge is -2.42. The van der Waals surface area contributed by atoms with Crippen LogP contribution in [-0.2, 0) is 47.7 Å². The molecule has 3 aliphatic heterocycles. The van der Waals surface area contributed by atoms with E-state index in [4.69, 9.17) is 23.7 Å². The summed E-state index contributed by atoms with van der Waals surface area (Å²) in [7, 11) is 4.62. The standard InChI is InChI=1S/C52H79N5O12/c1-31-16-12-11-13-17-32(2)43(65-8)28-39-21-19-37(7)52(64,69-39)49(61)50(62)56-23-15-14-18-41(56)51(63)68-44(34(4)26-38-20-22-40(45(27-38)66-9)57-30-53-54-55-57)29-42(58)33(3)25-36(6)47(60)48(67-10)46(59)35(5)24-31/h11-13,16-17,25,30-31,33-35,37-41,43-45,47-48,60,64H,14-15,18-24,26-29H2,1-10H3/b13-11-,16-12+,32-17+,36-25-/t31-,33-,34-,35-,37-,38+,39+,40-,41+,43+,44+,45-,47-,48+,52-/m1/s1. The van der Waals surface area contributed by atoms with Crippen LogP contribution in [0.4, 0.5) is 0 Å². The first-order chi connectivity index (χ1) is 32.8. The van der Waals surface area contributed by atoms with Gasteiger partial charge in [-0.15, -0.1) is 5.10 Å². The summed E-state index contributed by atoms with van der Waals surface area (Å²) in [5.41, 5.74) is 1.27. The number of hydrogen-bond acceptors (Lipinski definition) is 15. The molecule has 384 valence electrons. The van der Waals surface area contributed by atoms with Gasteiger partial charge in [0.05, 0.1) is 24.4 Å². The molecule has 4 heterocycles. The molecular weight excluding hydrogens is 887 g/mol. The lowest BCUT2D eigenvalue weighted by molar-refractivity contribution is -0.265. The summed E-state index contributed by atoms with van der Waals surface area (Å²) in [6, 6.07) is -1.19. The maximum atomic E-state index is 14.5. The zero-order valence-electron chi connectivity index (χ0n) is 42.5. The molecule has 17 heteroatoms. The van der Waals surface area contributed by atoms with E-state index in [1.54, 1.807) is 52.1 Å². The van der Waals surface area contributed by atoms with E-state index in [1.807, 2.05) is 58.1 Å². The fourth-order valence-electron chi connectivity index (χ4n) is 10.7. The summed E-state index contributed by atoms with van der Waals surface area (Å²) < 4.78 is 31.6. The molecule has 17 nitrogen and oxygen atoms in total. The van der Waals surface area contributed by atoms with Crippen molar-refractivity contribution in [3.63, 3.8) is 0 Å². The summed E-state index contributed by atoms with van der Waals surface area (Å²) in [6.45, 7) is 12.8. The molecule has 2 saturated heterocycles. The Morgan fingerprint density at radius 3 is 2.32 bits per heavy atom. The molecule has 1 aromatic heterocycles. The highest BCUT2D eigenvalue weighted by Crippen LogP contribution is 2.39. The third-order valence-electron chi connectivity index (χ3n) is 15.2. The van der Waals surface area contributed by atoms with Crippen LogP contribution in [0.25, 0.3) is 0 Å².